The van der Waals surface area contributed by atoms with E-state index in [0.29, 0.717) is 0 Å². The van der Waals surface area contributed by atoms with Crippen LogP contribution in [-0.2, 0) is 4.52 Å². The summed E-state index contributed by atoms with van der Waals surface area (Å²) in [5.74, 6) is 0. The molecule has 9 heavy (non-hydrogen) atoms. The molecule has 0 bridgehead atoms. The summed E-state index contributed by atoms with van der Waals surface area (Å²) in [5.41, 5.74) is 0. The Morgan fingerprint density at radius 2 is 2.00 bits per heavy atom. The Labute approximate surface area is 72.6 Å². The van der Waals surface area contributed by atoms with Crippen LogP contribution in [-0.4, -0.2) is 38.9 Å². The highest BCUT2D eigenvalue weighted by molar-refractivity contribution is 7.39. The van der Waals surface area contributed by atoms with Crippen molar-refractivity contribution in [3.8, 4) is 0 Å². The van der Waals surface area contributed by atoms with Crippen LogP contribution in [0.3, 0.4) is 0 Å². The summed E-state index contributed by atoms with van der Waals surface area (Å²) in [6.45, 7) is 3.71. The average Bonchev–Trinajstić information content (AvgIpc) is 1.65. The second-order valence-electron chi connectivity index (χ2n) is 1.58. The van der Waals surface area contributed by atoms with Crippen molar-refractivity contribution in [2.45, 2.75) is 26.4 Å². The minimum absolute atomic E-state index is 0. The Balaban J connectivity index is 0. The first-order valence-corrected chi connectivity index (χ1v) is 3.68. The maximum absolute atomic E-state index is 8.25. The van der Waals surface area contributed by atoms with Crippen molar-refractivity contribution >= 4 is 31.7 Å². The SMILES string of the molecule is CCC(C)OP(O)O.[MgH2]. The van der Waals surface area contributed by atoms with Crippen LogP contribution < -0.4 is 0 Å². The van der Waals surface area contributed by atoms with E-state index in [2.05, 4.69) is 4.52 Å². The van der Waals surface area contributed by atoms with Gasteiger partial charge in [-0.05, 0) is 13.3 Å². The summed E-state index contributed by atoms with van der Waals surface area (Å²) >= 11 is 0. The van der Waals surface area contributed by atoms with E-state index in [9.17, 15) is 0 Å². The fourth-order valence-corrected chi connectivity index (χ4v) is 0.706. The molecule has 0 aliphatic carbocycles. The molecule has 0 aliphatic heterocycles. The molecule has 0 fully saturated rings. The fraction of sp³-hybridized carbons (Fsp3) is 1.00. The van der Waals surface area contributed by atoms with Gasteiger partial charge in [0.25, 0.3) is 0 Å². The Kier molecular flexibility index (Phi) is 10.2. The van der Waals surface area contributed by atoms with Crippen LogP contribution in [0.1, 0.15) is 20.3 Å². The molecule has 1 atom stereocenters. The van der Waals surface area contributed by atoms with Gasteiger partial charge in [-0.25, -0.2) is 0 Å². The number of hydrogen-bond acceptors (Lipinski definition) is 3. The van der Waals surface area contributed by atoms with E-state index in [-0.39, 0.29) is 29.2 Å². The second kappa shape index (κ2) is 7.19. The van der Waals surface area contributed by atoms with Crippen LogP contribution in [0.5, 0.6) is 0 Å². The predicted octanol–water partition coefficient (Wildman–Crippen LogP) is 0.0968. The van der Waals surface area contributed by atoms with Gasteiger partial charge in [0, 0.05) is 0 Å². The maximum atomic E-state index is 8.25. The summed E-state index contributed by atoms with van der Waals surface area (Å²) in [4.78, 5) is 16.5. The van der Waals surface area contributed by atoms with E-state index in [1.54, 1.807) is 6.92 Å². The van der Waals surface area contributed by atoms with Gasteiger partial charge in [-0.1, -0.05) is 6.92 Å². The van der Waals surface area contributed by atoms with Crippen molar-refractivity contribution in [1.82, 2.24) is 0 Å². The van der Waals surface area contributed by atoms with E-state index >= 15 is 0 Å². The minimum Gasteiger partial charge on any atom is -0.328 e. The van der Waals surface area contributed by atoms with Gasteiger partial charge < -0.3 is 14.3 Å². The summed E-state index contributed by atoms with van der Waals surface area (Å²) in [5, 5.41) is 0. The predicted molar refractivity (Wildman–Crippen MR) is 40.7 cm³/mol. The highest BCUT2D eigenvalue weighted by Crippen LogP contribution is 2.27. The minimum atomic E-state index is -2.15. The van der Waals surface area contributed by atoms with Gasteiger partial charge in [0.2, 0.25) is 0 Å². The Morgan fingerprint density at radius 1 is 1.56 bits per heavy atom. The zero-order chi connectivity index (χ0) is 6.57. The third-order valence-electron chi connectivity index (χ3n) is 0.849. The summed E-state index contributed by atoms with van der Waals surface area (Å²) in [7, 11) is -2.15. The van der Waals surface area contributed by atoms with E-state index in [1.165, 1.54) is 0 Å². The second-order valence-corrected chi connectivity index (χ2v) is 2.29. The van der Waals surface area contributed by atoms with Crippen LogP contribution in [0.4, 0.5) is 0 Å². The van der Waals surface area contributed by atoms with Crippen molar-refractivity contribution in [2.24, 2.45) is 0 Å². The molecule has 0 aliphatic rings. The molecule has 1 unspecified atom stereocenters. The van der Waals surface area contributed by atoms with Crippen LogP contribution in [0.25, 0.3) is 0 Å². The normalized spacial score (nSPS) is 13.0. The zero-order valence-corrected chi connectivity index (χ0v) is 5.93. The largest absolute Gasteiger partial charge is 0.328 e. The van der Waals surface area contributed by atoms with Crippen molar-refractivity contribution in [2.75, 3.05) is 0 Å². The van der Waals surface area contributed by atoms with Crippen LogP contribution in [0.15, 0.2) is 0 Å². The Morgan fingerprint density at radius 3 is 2.11 bits per heavy atom. The van der Waals surface area contributed by atoms with Gasteiger partial charge in [-0.2, -0.15) is 0 Å². The van der Waals surface area contributed by atoms with Gasteiger partial charge in [-0.15, -0.1) is 0 Å². The molecular weight excluding hydrogens is 151 g/mol. The summed E-state index contributed by atoms with van der Waals surface area (Å²) in [6.07, 6.45) is 0.760. The highest BCUT2D eigenvalue weighted by Gasteiger charge is 2.03. The zero-order valence-electron chi connectivity index (χ0n) is 5.03. The molecule has 0 spiro atoms. The molecule has 54 valence electrons. The van der Waals surface area contributed by atoms with Gasteiger partial charge in [-0.3, -0.25) is 0 Å². The van der Waals surface area contributed by atoms with E-state index in [4.69, 9.17) is 9.79 Å². The molecule has 5 heteroatoms. The Hall–Kier alpha value is 1.08. The van der Waals surface area contributed by atoms with E-state index < -0.39 is 8.60 Å². The smallest absolute Gasteiger partial charge is 0.327 e. The molecular formula is C4H13MgO3P. The molecule has 0 aromatic carbocycles. The van der Waals surface area contributed by atoms with Crippen LogP contribution in [0.2, 0.25) is 0 Å². The molecule has 0 saturated carbocycles. The first-order valence-electron chi connectivity index (χ1n) is 2.51. The van der Waals surface area contributed by atoms with Crippen molar-refractivity contribution < 1.29 is 14.3 Å². The molecule has 0 radical (unpaired) electrons. The standard InChI is InChI=1S/C4H11O3P.Mg.2H/c1-3-4(2)7-8(5)6;;;/h4-6H,3H2,1-2H3;;;. The molecule has 2 N–H and O–H groups in total. The summed E-state index contributed by atoms with van der Waals surface area (Å²) in [6, 6.07) is 0. The highest BCUT2D eigenvalue weighted by atomic mass is 31.2. The van der Waals surface area contributed by atoms with Gasteiger partial charge in [0.05, 0.1) is 6.10 Å². The molecule has 0 amide bonds. The third kappa shape index (κ3) is 9.08. The molecule has 0 rings (SSSR count). The summed E-state index contributed by atoms with van der Waals surface area (Å²) < 4.78 is 4.58. The topological polar surface area (TPSA) is 49.7 Å². The third-order valence-corrected chi connectivity index (χ3v) is 1.40. The lowest BCUT2D eigenvalue weighted by Gasteiger charge is -2.08. The van der Waals surface area contributed by atoms with Crippen molar-refractivity contribution in [3.63, 3.8) is 0 Å². The van der Waals surface area contributed by atoms with Crippen LogP contribution >= 0.6 is 8.60 Å². The fourth-order valence-electron chi connectivity index (χ4n) is 0.235. The average molecular weight is 164 g/mol. The lowest BCUT2D eigenvalue weighted by Crippen LogP contribution is -2.00. The van der Waals surface area contributed by atoms with E-state index in [1.807, 2.05) is 6.92 Å². The molecule has 0 heterocycles. The molecule has 0 saturated heterocycles. The quantitative estimate of drug-likeness (QED) is 0.459. The lowest BCUT2D eigenvalue weighted by molar-refractivity contribution is 0.182. The monoisotopic (exact) mass is 164 g/mol. The van der Waals surface area contributed by atoms with E-state index in [0.717, 1.165) is 6.42 Å². The van der Waals surface area contributed by atoms with Crippen LogP contribution in [0, 0.1) is 0 Å². The lowest BCUT2D eigenvalue weighted by atomic mass is 10.3. The first-order chi connectivity index (χ1) is 3.66. The van der Waals surface area contributed by atoms with Gasteiger partial charge in [0.1, 0.15) is 0 Å². The van der Waals surface area contributed by atoms with Gasteiger partial charge >= 0.3 is 31.7 Å². The molecule has 3 nitrogen and oxygen atoms in total. The first kappa shape index (κ1) is 12.7. The van der Waals surface area contributed by atoms with Gasteiger partial charge in [0.15, 0.2) is 0 Å². The molecule has 0 aromatic heterocycles. The van der Waals surface area contributed by atoms with Crippen molar-refractivity contribution in [1.29, 1.82) is 0 Å². The number of hydrogen-bond donors (Lipinski definition) is 2. The number of rotatable bonds is 3. The maximum Gasteiger partial charge on any atom is 0.327 e. The Bertz CT molecular complexity index is 61.8. The molecule has 0 aromatic rings. The van der Waals surface area contributed by atoms with Crippen molar-refractivity contribution in [3.05, 3.63) is 0 Å².